The van der Waals surface area contributed by atoms with Gasteiger partial charge in [-0.2, -0.15) is 5.23 Å². The van der Waals surface area contributed by atoms with Gasteiger partial charge in [-0.25, -0.2) is 10.0 Å². The highest BCUT2D eigenvalue weighted by atomic mass is 16.8. The monoisotopic (exact) mass is 481 g/mol. The molecule has 3 atom stereocenters. The number of amides is 1. The Hall–Kier alpha value is -3.47. The molecule has 3 aromatic rings. The third-order valence-electron chi connectivity index (χ3n) is 7.15. The van der Waals surface area contributed by atoms with Crippen LogP contribution >= 0.6 is 0 Å². The number of nitrogens with one attached hydrogen (secondary N) is 1. The number of nitrogens with zero attached hydrogens (tertiary/aromatic N) is 2. The molecular formula is C25H27N3O7. The molecule has 2 aromatic heterocycles. The molecule has 0 radical (unpaired) electrons. The first-order valence-corrected chi connectivity index (χ1v) is 11.6. The Labute approximate surface area is 200 Å². The Bertz CT molecular complexity index is 1430. The summed E-state index contributed by atoms with van der Waals surface area (Å²) in [5.41, 5.74) is 1.79. The van der Waals surface area contributed by atoms with Gasteiger partial charge in [-0.3, -0.25) is 9.59 Å². The highest BCUT2D eigenvalue weighted by molar-refractivity contribution is 5.83. The second kappa shape index (κ2) is 8.95. The van der Waals surface area contributed by atoms with Gasteiger partial charge in [-0.1, -0.05) is 0 Å². The summed E-state index contributed by atoms with van der Waals surface area (Å²) < 4.78 is 12.4. The number of piperidine rings is 1. The number of quaternary nitrogens is 1. The number of fused-ring (bicyclic) bond motifs is 5. The number of aryl methyl sites for hydroxylation is 2. The predicted octanol–water partition coefficient (Wildman–Crippen LogP) is 1.25. The fourth-order valence-electron chi connectivity index (χ4n) is 5.49. The van der Waals surface area contributed by atoms with Crippen molar-refractivity contribution in [1.82, 2.24) is 9.47 Å². The standard InChI is InChI=1S/C25H27N3O7/c1-14-7-24(30)35-22-10-21(34-2)16(9-18(14)22)3-6-23(29)26-11-15-8-17(13-26)19-4-5-20(28(32)33)25(31)27(19)12-15/h4-5,7,9-10,15,17,28,32H,3,6,8,11-13H2,1-2H3. The Morgan fingerprint density at radius 3 is 2.77 bits per heavy atom. The van der Waals surface area contributed by atoms with Crippen LogP contribution in [0, 0.1) is 18.0 Å². The summed E-state index contributed by atoms with van der Waals surface area (Å²) in [7, 11) is 1.54. The number of likely N-dealkylation sites (tertiary alicyclic amines) is 1. The maximum absolute atomic E-state index is 13.2. The van der Waals surface area contributed by atoms with E-state index in [0.717, 1.165) is 28.6 Å². The molecule has 0 saturated carbocycles. The molecule has 3 unspecified atom stereocenters. The highest BCUT2D eigenvalue weighted by Gasteiger charge is 2.37. The van der Waals surface area contributed by atoms with E-state index in [0.29, 0.717) is 43.8 Å². The van der Waals surface area contributed by atoms with Crippen molar-refractivity contribution in [3.05, 3.63) is 73.1 Å². The zero-order chi connectivity index (χ0) is 24.9. The molecule has 184 valence electrons. The van der Waals surface area contributed by atoms with E-state index in [1.165, 1.54) is 12.1 Å². The minimum absolute atomic E-state index is 0.00254. The number of benzene rings is 1. The first-order chi connectivity index (χ1) is 16.7. The zero-order valence-corrected chi connectivity index (χ0v) is 19.6. The van der Waals surface area contributed by atoms with Crippen LogP contribution in [0.1, 0.15) is 35.6 Å². The lowest BCUT2D eigenvalue weighted by Crippen LogP contribution is -3.00. The van der Waals surface area contributed by atoms with Gasteiger partial charge in [0, 0.05) is 61.3 Å². The second-order valence-corrected chi connectivity index (χ2v) is 9.40. The van der Waals surface area contributed by atoms with Crippen LogP contribution in [0.5, 0.6) is 5.75 Å². The van der Waals surface area contributed by atoms with Gasteiger partial charge in [0.2, 0.25) is 11.6 Å². The lowest BCUT2D eigenvalue weighted by molar-refractivity contribution is -0.992. The van der Waals surface area contributed by atoms with Crippen molar-refractivity contribution in [3.63, 3.8) is 0 Å². The number of hydrogen-bond donors (Lipinski definition) is 2. The number of pyridine rings is 1. The van der Waals surface area contributed by atoms with Crippen molar-refractivity contribution in [2.75, 3.05) is 20.2 Å². The molecule has 0 spiro atoms. The molecule has 4 heterocycles. The molecule has 0 aliphatic carbocycles. The SMILES string of the molecule is COc1cc2oc(=O)cc(C)c2cc1CCC(=O)N1CC2CC(C1)c1ccc([NH+]([O-])O)c(=O)n1C2. The van der Waals surface area contributed by atoms with Crippen LogP contribution in [0.3, 0.4) is 0 Å². The van der Waals surface area contributed by atoms with E-state index in [1.807, 2.05) is 17.9 Å². The van der Waals surface area contributed by atoms with Gasteiger partial charge < -0.3 is 23.8 Å². The summed E-state index contributed by atoms with van der Waals surface area (Å²) in [6.07, 6.45) is 1.64. The molecule has 2 bridgehead atoms. The van der Waals surface area contributed by atoms with Crippen LogP contribution in [0.2, 0.25) is 0 Å². The van der Waals surface area contributed by atoms with Crippen molar-refractivity contribution in [2.45, 2.75) is 38.6 Å². The van der Waals surface area contributed by atoms with Gasteiger partial charge in [0.25, 0.3) is 0 Å². The minimum Gasteiger partial charge on any atom is -0.595 e. The summed E-state index contributed by atoms with van der Waals surface area (Å²) >= 11 is 0. The molecule has 10 nitrogen and oxygen atoms in total. The van der Waals surface area contributed by atoms with E-state index in [9.17, 15) is 24.8 Å². The number of methoxy groups -OCH3 is 1. The van der Waals surface area contributed by atoms with E-state index in [-0.39, 0.29) is 23.4 Å². The molecular weight excluding hydrogens is 454 g/mol. The molecule has 35 heavy (non-hydrogen) atoms. The number of rotatable bonds is 5. The number of carbonyl (C=O) groups is 1. The molecule has 10 heteroatoms. The number of ether oxygens (including phenoxy) is 1. The fraction of sp³-hybridized carbons (Fsp3) is 0.400. The highest BCUT2D eigenvalue weighted by Crippen LogP contribution is 2.36. The maximum Gasteiger partial charge on any atom is 0.336 e. The summed E-state index contributed by atoms with van der Waals surface area (Å²) in [5.74, 6) is 0.698. The smallest absolute Gasteiger partial charge is 0.336 e. The van der Waals surface area contributed by atoms with E-state index in [4.69, 9.17) is 9.15 Å². The molecule has 1 saturated heterocycles. The average molecular weight is 482 g/mol. The first kappa shape index (κ1) is 23.3. The van der Waals surface area contributed by atoms with Gasteiger partial charge in [-0.05, 0) is 48.9 Å². The van der Waals surface area contributed by atoms with Gasteiger partial charge in [0.15, 0.2) is 0 Å². The van der Waals surface area contributed by atoms with E-state index in [1.54, 1.807) is 23.8 Å². The zero-order valence-electron chi connectivity index (χ0n) is 19.6. The van der Waals surface area contributed by atoms with Crippen molar-refractivity contribution in [1.29, 1.82) is 0 Å². The topological polar surface area (TPSA) is 129 Å². The minimum atomic E-state index is -1.22. The Morgan fingerprint density at radius 1 is 1.23 bits per heavy atom. The third kappa shape index (κ3) is 4.24. The van der Waals surface area contributed by atoms with E-state index >= 15 is 0 Å². The third-order valence-corrected chi connectivity index (χ3v) is 7.15. The number of hydrogen-bond acceptors (Lipinski definition) is 7. The van der Waals surface area contributed by atoms with Gasteiger partial charge in [0.1, 0.15) is 11.3 Å². The number of aromatic nitrogens is 1. The Morgan fingerprint density at radius 2 is 2.03 bits per heavy atom. The molecule has 1 amide bonds. The quantitative estimate of drug-likeness (QED) is 0.414. The lowest BCUT2D eigenvalue weighted by Gasteiger charge is -2.43. The first-order valence-electron chi connectivity index (χ1n) is 11.6. The molecule has 2 aliphatic heterocycles. The van der Waals surface area contributed by atoms with Crippen LogP contribution in [0.15, 0.2) is 44.3 Å². The van der Waals surface area contributed by atoms with Gasteiger partial charge in [0.05, 0.1) is 7.11 Å². The van der Waals surface area contributed by atoms with Crippen molar-refractivity contribution in [3.8, 4) is 5.75 Å². The van der Waals surface area contributed by atoms with Crippen LogP contribution in [-0.4, -0.2) is 40.8 Å². The summed E-state index contributed by atoms with van der Waals surface area (Å²) in [5, 5.41) is 20.2. The normalized spacial score (nSPS) is 19.9. The Balaban J connectivity index is 1.33. The molecule has 5 rings (SSSR count). The molecule has 1 fully saturated rings. The van der Waals surface area contributed by atoms with Crippen molar-refractivity contribution >= 4 is 22.6 Å². The predicted molar refractivity (Wildman–Crippen MR) is 126 cm³/mol. The molecule has 2 N–H and O–H groups in total. The van der Waals surface area contributed by atoms with Gasteiger partial charge >= 0.3 is 11.2 Å². The van der Waals surface area contributed by atoms with Crippen LogP contribution in [0.25, 0.3) is 11.0 Å². The summed E-state index contributed by atoms with van der Waals surface area (Å²) in [6, 6.07) is 8.12. The van der Waals surface area contributed by atoms with Crippen LogP contribution in [-0.2, 0) is 17.8 Å². The molecule has 1 aromatic carbocycles. The van der Waals surface area contributed by atoms with Crippen LogP contribution in [0.4, 0.5) is 5.69 Å². The Kier molecular flexibility index (Phi) is 5.96. The van der Waals surface area contributed by atoms with Crippen molar-refractivity contribution in [2.24, 2.45) is 5.92 Å². The maximum atomic E-state index is 13.2. The summed E-state index contributed by atoms with van der Waals surface area (Å²) in [4.78, 5) is 39.4. The van der Waals surface area contributed by atoms with E-state index < -0.39 is 16.4 Å². The number of carbonyl (C=O) groups excluding carboxylic acids is 1. The average Bonchev–Trinajstić information content (AvgIpc) is 2.82. The second-order valence-electron chi connectivity index (χ2n) is 9.40. The fourth-order valence-corrected chi connectivity index (χ4v) is 5.49. The molecule has 2 aliphatic rings. The van der Waals surface area contributed by atoms with Crippen molar-refractivity contribution < 1.29 is 24.4 Å². The van der Waals surface area contributed by atoms with E-state index in [2.05, 4.69) is 0 Å². The van der Waals surface area contributed by atoms with Gasteiger partial charge in [-0.15, -0.1) is 0 Å². The largest absolute Gasteiger partial charge is 0.595 e. The lowest BCUT2D eigenvalue weighted by atomic mass is 9.83. The summed E-state index contributed by atoms with van der Waals surface area (Å²) in [6.45, 7) is 3.30. The van der Waals surface area contributed by atoms with Crippen LogP contribution < -0.4 is 21.1 Å².